The number of nitrogens with zero attached hydrogens (tertiary/aromatic N) is 1. The molecular weight excluding hydrogens is 238 g/mol. The summed E-state index contributed by atoms with van der Waals surface area (Å²) in [6, 6.07) is 5.17. The summed E-state index contributed by atoms with van der Waals surface area (Å²) in [5.41, 5.74) is 0.810. The van der Waals surface area contributed by atoms with Gasteiger partial charge in [-0.2, -0.15) is 0 Å². The molecule has 1 aromatic heterocycles. The lowest BCUT2D eigenvalue weighted by Crippen LogP contribution is -2.20. The van der Waals surface area contributed by atoms with Crippen LogP contribution in [-0.2, 0) is 6.54 Å². The van der Waals surface area contributed by atoms with E-state index in [2.05, 4.69) is 10.5 Å². The molecule has 0 saturated heterocycles. The first-order valence-electron chi connectivity index (χ1n) is 5.67. The number of rotatable bonds is 4. The van der Waals surface area contributed by atoms with Crippen molar-refractivity contribution >= 4 is 0 Å². The van der Waals surface area contributed by atoms with Crippen LogP contribution in [0.15, 0.2) is 28.8 Å². The highest BCUT2D eigenvalue weighted by molar-refractivity contribution is 5.22. The Morgan fingerprint density at radius 2 is 2.00 bits per heavy atom. The molecule has 1 N–H and O–H groups in total. The molecule has 3 nitrogen and oxygen atoms in total. The standard InChI is InChI=1S/C13H14F2N2O/c1-8-6-10(18-17-8)7-16-9(2)13-11(14)4-3-5-12(13)15/h3-6,9,16H,7H2,1-2H3. The van der Waals surface area contributed by atoms with Crippen LogP contribution in [0.2, 0.25) is 0 Å². The molecule has 5 heteroatoms. The van der Waals surface area contributed by atoms with Crippen molar-refractivity contribution in [1.29, 1.82) is 0 Å². The van der Waals surface area contributed by atoms with Crippen molar-refractivity contribution in [2.24, 2.45) is 0 Å². The van der Waals surface area contributed by atoms with Crippen LogP contribution in [0.4, 0.5) is 8.78 Å². The summed E-state index contributed by atoms with van der Waals surface area (Å²) in [7, 11) is 0. The number of nitrogens with one attached hydrogen (secondary N) is 1. The van der Waals surface area contributed by atoms with Gasteiger partial charge in [-0.25, -0.2) is 8.78 Å². The monoisotopic (exact) mass is 252 g/mol. The van der Waals surface area contributed by atoms with E-state index in [9.17, 15) is 8.78 Å². The summed E-state index contributed by atoms with van der Waals surface area (Å²) in [5.74, 6) is -0.469. The fourth-order valence-corrected chi connectivity index (χ4v) is 1.78. The van der Waals surface area contributed by atoms with Crippen molar-refractivity contribution in [1.82, 2.24) is 10.5 Å². The van der Waals surface area contributed by atoms with Gasteiger partial charge in [-0.05, 0) is 26.0 Å². The molecule has 18 heavy (non-hydrogen) atoms. The fourth-order valence-electron chi connectivity index (χ4n) is 1.78. The van der Waals surface area contributed by atoms with E-state index in [1.54, 1.807) is 13.0 Å². The van der Waals surface area contributed by atoms with Gasteiger partial charge >= 0.3 is 0 Å². The molecule has 0 bridgehead atoms. The van der Waals surface area contributed by atoms with Crippen LogP contribution in [-0.4, -0.2) is 5.16 Å². The molecule has 2 rings (SSSR count). The number of halogens is 2. The van der Waals surface area contributed by atoms with Gasteiger partial charge < -0.3 is 9.84 Å². The van der Waals surface area contributed by atoms with Crippen LogP contribution in [0, 0.1) is 18.6 Å². The second-order valence-corrected chi connectivity index (χ2v) is 4.17. The number of hydrogen-bond acceptors (Lipinski definition) is 3. The van der Waals surface area contributed by atoms with Crippen LogP contribution in [0.25, 0.3) is 0 Å². The molecular formula is C13H14F2N2O. The minimum atomic E-state index is -0.552. The van der Waals surface area contributed by atoms with E-state index >= 15 is 0 Å². The normalized spacial score (nSPS) is 12.7. The molecule has 0 aliphatic carbocycles. The second kappa shape index (κ2) is 5.27. The van der Waals surface area contributed by atoms with Crippen LogP contribution in [0.1, 0.15) is 30.0 Å². The van der Waals surface area contributed by atoms with Crippen LogP contribution >= 0.6 is 0 Å². The second-order valence-electron chi connectivity index (χ2n) is 4.17. The molecule has 1 aromatic carbocycles. The summed E-state index contributed by atoms with van der Waals surface area (Å²) in [5, 5.41) is 6.74. The summed E-state index contributed by atoms with van der Waals surface area (Å²) in [6.07, 6.45) is 0. The molecule has 0 amide bonds. The van der Waals surface area contributed by atoms with Gasteiger partial charge in [0.15, 0.2) is 5.76 Å². The highest BCUT2D eigenvalue weighted by atomic mass is 19.1. The Morgan fingerprint density at radius 3 is 2.56 bits per heavy atom. The van der Waals surface area contributed by atoms with E-state index < -0.39 is 17.7 Å². The Labute approximate surface area is 104 Å². The Balaban J connectivity index is 2.06. The topological polar surface area (TPSA) is 38.1 Å². The SMILES string of the molecule is Cc1cc(CNC(C)c2c(F)cccc2F)on1. The maximum Gasteiger partial charge on any atom is 0.150 e. The zero-order valence-corrected chi connectivity index (χ0v) is 10.2. The average Bonchev–Trinajstić information content (AvgIpc) is 2.72. The highest BCUT2D eigenvalue weighted by Crippen LogP contribution is 2.20. The van der Waals surface area contributed by atoms with E-state index in [1.165, 1.54) is 18.2 Å². The largest absolute Gasteiger partial charge is 0.360 e. The van der Waals surface area contributed by atoms with Gasteiger partial charge in [0.05, 0.1) is 12.2 Å². The molecule has 0 spiro atoms. The molecule has 0 fully saturated rings. The molecule has 1 unspecified atom stereocenters. The molecule has 2 aromatic rings. The summed E-state index contributed by atoms with van der Waals surface area (Å²) < 4.78 is 32.0. The average molecular weight is 252 g/mol. The lowest BCUT2D eigenvalue weighted by molar-refractivity contribution is 0.360. The Hall–Kier alpha value is -1.75. The van der Waals surface area contributed by atoms with E-state index in [-0.39, 0.29) is 5.56 Å². The van der Waals surface area contributed by atoms with Crippen molar-refractivity contribution in [2.45, 2.75) is 26.4 Å². The van der Waals surface area contributed by atoms with Crippen molar-refractivity contribution in [3.05, 3.63) is 52.9 Å². The van der Waals surface area contributed by atoms with E-state index in [1.807, 2.05) is 6.92 Å². The van der Waals surface area contributed by atoms with Gasteiger partial charge in [-0.15, -0.1) is 0 Å². The summed E-state index contributed by atoms with van der Waals surface area (Å²) in [6.45, 7) is 3.88. The Bertz CT molecular complexity index is 519. The summed E-state index contributed by atoms with van der Waals surface area (Å²) >= 11 is 0. The zero-order chi connectivity index (χ0) is 13.1. The van der Waals surface area contributed by atoms with Crippen LogP contribution in [0.5, 0.6) is 0 Å². The van der Waals surface area contributed by atoms with E-state index in [0.29, 0.717) is 12.3 Å². The van der Waals surface area contributed by atoms with E-state index in [0.717, 1.165) is 5.69 Å². The summed E-state index contributed by atoms with van der Waals surface area (Å²) in [4.78, 5) is 0. The van der Waals surface area contributed by atoms with Gasteiger partial charge in [0.1, 0.15) is 11.6 Å². The lowest BCUT2D eigenvalue weighted by atomic mass is 10.1. The quantitative estimate of drug-likeness (QED) is 0.908. The van der Waals surface area contributed by atoms with Crippen molar-refractivity contribution in [2.75, 3.05) is 0 Å². The molecule has 1 atom stereocenters. The first-order chi connectivity index (χ1) is 8.58. The van der Waals surface area contributed by atoms with E-state index in [4.69, 9.17) is 4.52 Å². The molecule has 0 aliphatic rings. The Kier molecular flexibility index (Phi) is 3.72. The van der Waals surface area contributed by atoms with Gasteiger partial charge in [0, 0.05) is 17.7 Å². The third kappa shape index (κ3) is 2.73. The molecule has 96 valence electrons. The molecule has 1 heterocycles. The van der Waals surface area contributed by atoms with Gasteiger partial charge in [-0.3, -0.25) is 0 Å². The smallest absolute Gasteiger partial charge is 0.150 e. The number of hydrogen-bond donors (Lipinski definition) is 1. The van der Waals surface area contributed by atoms with Crippen LogP contribution in [0.3, 0.4) is 0 Å². The van der Waals surface area contributed by atoms with Crippen molar-refractivity contribution in [3.63, 3.8) is 0 Å². The Morgan fingerprint density at radius 1 is 1.33 bits per heavy atom. The zero-order valence-electron chi connectivity index (χ0n) is 10.2. The maximum atomic E-state index is 13.5. The minimum Gasteiger partial charge on any atom is -0.360 e. The van der Waals surface area contributed by atoms with Gasteiger partial charge in [-0.1, -0.05) is 11.2 Å². The number of aromatic nitrogens is 1. The minimum absolute atomic E-state index is 0.0359. The highest BCUT2D eigenvalue weighted by Gasteiger charge is 2.15. The van der Waals surface area contributed by atoms with Crippen LogP contribution < -0.4 is 5.32 Å². The molecule has 0 radical (unpaired) electrons. The predicted molar refractivity (Wildman–Crippen MR) is 62.9 cm³/mol. The van der Waals surface area contributed by atoms with Gasteiger partial charge in [0.2, 0.25) is 0 Å². The third-order valence-corrected chi connectivity index (χ3v) is 2.69. The first kappa shape index (κ1) is 12.7. The fraction of sp³-hybridized carbons (Fsp3) is 0.308. The number of aryl methyl sites for hydroxylation is 1. The first-order valence-corrected chi connectivity index (χ1v) is 5.67. The predicted octanol–water partition coefficient (Wildman–Crippen LogP) is 3.11. The van der Waals surface area contributed by atoms with Gasteiger partial charge in [0.25, 0.3) is 0 Å². The number of benzene rings is 1. The van der Waals surface area contributed by atoms with Crippen molar-refractivity contribution in [3.8, 4) is 0 Å². The molecule has 0 saturated carbocycles. The maximum absolute atomic E-state index is 13.5. The van der Waals surface area contributed by atoms with Crippen molar-refractivity contribution < 1.29 is 13.3 Å². The third-order valence-electron chi connectivity index (χ3n) is 2.69. The molecule has 0 aliphatic heterocycles. The lowest BCUT2D eigenvalue weighted by Gasteiger charge is -2.14.